The maximum Gasteiger partial charge on any atom is 0.188 e. The zero-order valence-corrected chi connectivity index (χ0v) is 6.26. The van der Waals surface area contributed by atoms with Gasteiger partial charge in [0.05, 0.1) is 0 Å². The molecule has 0 amide bonds. The van der Waals surface area contributed by atoms with E-state index in [-0.39, 0.29) is 11.6 Å². The molecule has 0 N–H and O–H groups in total. The summed E-state index contributed by atoms with van der Waals surface area (Å²) in [6.45, 7) is 5.06. The van der Waals surface area contributed by atoms with Crippen LogP contribution in [0.5, 0.6) is 0 Å². The van der Waals surface area contributed by atoms with Gasteiger partial charge in [-0.15, -0.1) is 0 Å². The monoisotopic (exact) mass is 148 g/mol. The Labute approximate surface area is 64.9 Å². The molecule has 0 atom stereocenters. The first-order chi connectivity index (χ1) is 5.15. The molecule has 0 aromatic heterocycles. The lowest BCUT2D eigenvalue weighted by atomic mass is 9.97. The summed E-state index contributed by atoms with van der Waals surface area (Å²) in [6.07, 6.45) is 4.02. The number of Topliss-reactive ketones (excluding diaryl/α,β-unsaturated/α-hetero) is 1. The van der Waals surface area contributed by atoms with E-state index in [1.807, 2.05) is 0 Å². The van der Waals surface area contributed by atoms with Crippen molar-refractivity contribution in [2.24, 2.45) is 0 Å². The molecular formula is C9H8O2. The molecule has 56 valence electrons. The van der Waals surface area contributed by atoms with Crippen LogP contribution in [0.25, 0.3) is 0 Å². The van der Waals surface area contributed by atoms with E-state index in [2.05, 4.69) is 6.58 Å². The quantitative estimate of drug-likeness (QED) is 0.523. The predicted molar refractivity (Wildman–Crippen MR) is 42.1 cm³/mol. The number of carbonyl (C=O) groups is 2. The highest BCUT2D eigenvalue weighted by atomic mass is 16.1. The molecule has 0 saturated heterocycles. The van der Waals surface area contributed by atoms with Gasteiger partial charge < -0.3 is 0 Å². The molecule has 0 aromatic carbocycles. The average molecular weight is 148 g/mol. The number of hydrogen-bond donors (Lipinski definition) is 0. The van der Waals surface area contributed by atoms with Crippen molar-refractivity contribution in [2.45, 2.75) is 6.92 Å². The van der Waals surface area contributed by atoms with Gasteiger partial charge in [0.25, 0.3) is 0 Å². The molecule has 11 heavy (non-hydrogen) atoms. The fraction of sp³-hybridized carbons (Fsp3) is 0.111. The number of hydrogen-bond acceptors (Lipinski definition) is 2. The van der Waals surface area contributed by atoms with Crippen molar-refractivity contribution in [3.63, 3.8) is 0 Å². The fourth-order valence-electron chi connectivity index (χ4n) is 0.919. The number of allylic oxidation sites excluding steroid dienone is 5. The Kier molecular flexibility index (Phi) is 1.85. The van der Waals surface area contributed by atoms with Gasteiger partial charge in [0.1, 0.15) is 0 Å². The van der Waals surface area contributed by atoms with Gasteiger partial charge in [-0.1, -0.05) is 12.7 Å². The summed E-state index contributed by atoms with van der Waals surface area (Å²) in [4.78, 5) is 22.0. The van der Waals surface area contributed by atoms with Crippen molar-refractivity contribution >= 4 is 11.6 Å². The van der Waals surface area contributed by atoms with Gasteiger partial charge in [-0.2, -0.15) is 0 Å². The summed E-state index contributed by atoms with van der Waals surface area (Å²) in [5, 5.41) is 0. The molecular weight excluding hydrogens is 140 g/mol. The van der Waals surface area contributed by atoms with Crippen LogP contribution in [0.3, 0.4) is 0 Å². The normalized spacial score (nSPS) is 17.5. The topological polar surface area (TPSA) is 34.1 Å². The summed E-state index contributed by atoms with van der Waals surface area (Å²) in [7, 11) is 0. The molecule has 0 aromatic rings. The Balaban J connectivity index is 3.09. The van der Waals surface area contributed by atoms with Gasteiger partial charge in [-0.3, -0.25) is 9.59 Å². The summed E-state index contributed by atoms with van der Waals surface area (Å²) in [6, 6.07) is 0. The zero-order chi connectivity index (χ0) is 8.43. The summed E-state index contributed by atoms with van der Waals surface area (Å²) >= 11 is 0. The second-order valence-corrected chi connectivity index (χ2v) is 2.36. The van der Waals surface area contributed by atoms with Crippen LogP contribution >= 0.6 is 0 Å². The first-order valence-corrected chi connectivity index (χ1v) is 3.26. The molecule has 0 fully saturated rings. The van der Waals surface area contributed by atoms with Crippen LogP contribution in [0.2, 0.25) is 0 Å². The number of carbonyl (C=O) groups excluding carboxylic acids is 2. The van der Waals surface area contributed by atoms with E-state index >= 15 is 0 Å². The molecule has 1 aliphatic rings. The number of ketones is 2. The third-order valence-electron chi connectivity index (χ3n) is 1.50. The lowest BCUT2D eigenvalue weighted by Crippen LogP contribution is -2.10. The van der Waals surface area contributed by atoms with E-state index < -0.39 is 0 Å². The van der Waals surface area contributed by atoms with Gasteiger partial charge in [-0.05, 0) is 19.1 Å². The predicted octanol–water partition coefficient (Wildman–Crippen LogP) is 1.20. The van der Waals surface area contributed by atoms with Gasteiger partial charge in [0.2, 0.25) is 0 Å². The first-order valence-electron chi connectivity index (χ1n) is 3.26. The Morgan fingerprint density at radius 3 is 2.55 bits per heavy atom. The molecule has 0 aliphatic heterocycles. The molecule has 0 saturated carbocycles. The van der Waals surface area contributed by atoms with Crippen molar-refractivity contribution in [3.05, 3.63) is 36.0 Å². The maximum atomic E-state index is 11.1. The van der Waals surface area contributed by atoms with Crippen molar-refractivity contribution in [2.75, 3.05) is 0 Å². The lowest BCUT2D eigenvalue weighted by Gasteiger charge is -2.04. The molecule has 0 bridgehead atoms. The Morgan fingerprint density at radius 2 is 2.00 bits per heavy atom. The van der Waals surface area contributed by atoms with Crippen LogP contribution in [-0.4, -0.2) is 11.6 Å². The largest absolute Gasteiger partial charge is 0.290 e. The van der Waals surface area contributed by atoms with Crippen molar-refractivity contribution in [3.8, 4) is 0 Å². The fourth-order valence-corrected chi connectivity index (χ4v) is 0.919. The minimum atomic E-state index is -0.142. The lowest BCUT2D eigenvalue weighted by molar-refractivity contribution is -0.115. The third-order valence-corrected chi connectivity index (χ3v) is 1.50. The molecule has 2 nitrogen and oxygen atoms in total. The molecule has 0 spiro atoms. The van der Waals surface area contributed by atoms with E-state index in [1.165, 1.54) is 18.2 Å². The van der Waals surface area contributed by atoms with E-state index in [1.54, 1.807) is 6.92 Å². The molecule has 2 heteroatoms. The first kappa shape index (κ1) is 7.66. The molecule has 1 rings (SSSR count). The minimum Gasteiger partial charge on any atom is -0.290 e. The third kappa shape index (κ3) is 1.34. The average Bonchev–Trinajstić information content (AvgIpc) is 1.96. The highest BCUT2D eigenvalue weighted by molar-refractivity contribution is 6.21. The highest BCUT2D eigenvalue weighted by Gasteiger charge is 2.15. The van der Waals surface area contributed by atoms with E-state index in [0.29, 0.717) is 11.1 Å². The highest BCUT2D eigenvalue weighted by Crippen LogP contribution is 2.12. The Bertz CT molecular complexity index is 293. The maximum absolute atomic E-state index is 11.1. The number of rotatable bonds is 1. The second-order valence-electron chi connectivity index (χ2n) is 2.36. The summed E-state index contributed by atoms with van der Waals surface area (Å²) in [5.41, 5.74) is 0.863. The van der Waals surface area contributed by atoms with Gasteiger partial charge in [-0.25, -0.2) is 0 Å². The summed E-state index contributed by atoms with van der Waals surface area (Å²) in [5.74, 6) is -0.253. The second kappa shape index (κ2) is 2.66. The van der Waals surface area contributed by atoms with Crippen LogP contribution < -0.4 is 0 Å². The van der Waals surface area contributed by atoms with Crippen molar-refractivity contribution in [1.82, 2.24) is 0 Å². The van der Waals surface area contributed by atoms with Crippen LogP contribution in [0.4, 0.5) is 0 Å². The van der Waals surface area contributed by atoms with Gasteiger partial charge in [0.15, 0.2) is 11.6 Å². The van der Waals surface area contributed by atoms with Gasteiger partial charge >= 0.3 is 0 Å². The van der Waals surface area contributed by atoms with Crippen LogP contribution in [0.15, 0.2) is 36.0 Å². The Morgan fingerprint density at radius 1 is 1.36 bits per heavy atom. The van der Waals surface area contributed by atoms with Crippen LogP contribution in [0, 0.1) is 0 Å². The van der Waals surface area contributed by atoms with Gasteiger partial charge in [0, 0.05) is 11.1 Å². The van der Waals surface area contributed by atoms with E-state index in [9.17, 15) is 9.59 Å². The SMILES string of the molecule is C=CC1=CC(=O)C=C(C)C1=O. The van der Waals surface area contributed by atoms with E-state index in [4.69, 9.17) is 0 Å². The van der Waals surface area contributed by atoms with E-state index in [0.717, 1.165) is 0 Å². The van der Waals surface area contributed by atoms with Crippen LogP contribution in [0.1, 0.15) is 6.92 Å². The Hall–Kier alpha value is -1.44. The minimum absolute atomic E-state index is 0.111. The zero-order valence-electron chi connectivity index (χ0n) is 6.26. The standard InChI is InChI=1S/C9H8O2/c1-3-7-5-8(10)4-6(2)9(7)11/h3-5H,1H2,2H3. The van der Waals surface area contributed by atoms with Crippen molar-refractivity contribution in [1.29, 1.82) is 0 Å². The molecule has 0 heterocycles. The molecule has 0 radical (unpaired) electrons. The smallest absolute Gasteiger partial charge is 0.188 e. The molecule has 0 unspecified atom stereocenters. The molecule has 1 aliphatic carbocycles. The van der Waals surface area contributed by atoms with Crippen LogP contribution in [-0.2, 0) is 9.59 Å². The van der Waals surface area contributed by atoms with Crippen molar-refractivity contribution < 1.29 is 9.59 Å². The summed E-state index contributed by atoms with van der Waals surface area (Å²) < 4.78 is 0.